The molecule has 2 unspecified atom stereocenters. The van der Waals surface area contributed by atoms with E-state index < -0.39 is 6.10 Å². The molecule has 0 saturated carbocycles. The maximum atomic E-state index is 11.2. The van der Waals surface area contributed by atoms with Crippen molar-refractivity contribution in [2.24, 2.45) is 0 Å². The third-order valence-corrected chi connectivity index (χ3v) is 2.70. The van der Waals surface area contributed by atoms with Gasteiger partial charge in [0.25, 0.3) is 0 Å². The lowest BCUT2D eigenvalue weighted by Crippen LogP contribution is -2.07. The number of carbonyl (C=O) groups excluding carboxylic acids is 1. The topological polar surface area (TPSA) is 46.5 Å². The van der Waals surface area contributed by atoms with Crippen molar-refractivity contribution in [2.45, 2.75) is 32.0 Å². The maximum Gasteiger partial charge on any atom is 0.306 e. The minimum Gasteiger partial charge on any atom is -0.457 e. The van der Waals surface area contributed by atoms with E-state index in [0.29, 0.717) is 12.8 Å². The molecule has 1 aliphatic carbocycles. The van der Waals surface area contributed by atoms with Gasteiger partial charge in [-0.25, -0.2) is 0 Å². The second-order valence-corrected chi connectivity index (χ2v) is 3.71. The molecule has 0 amide bonds. The molecule has 0 aromatic heterocycles. The van der Waals surface area contributed by atoms with E-state index in [1.807, 2.05) is 24.3 Å². The third kappa shape index (κ3) is 1.88. The molecule has 0 bridgehead atoms. The number of aliphatic hydroxyl groups is 1. The van der Waals surface area contributed by atoms with E-state index in [4.69, 9.17) is 4.74 Å². The molecule has 0 saturated heterocycles. The van der Waals surface area contributed by atoms with Crippen LogP contribution in [0, 0.1) is 0 Å². The predicted octanol–water partition coefficient (Wildman–Crippen LogP) is 2.12. The SMILES string of the molecule is CCC(=O)OC1CC(O)c2ccccc21. The van der Waals surface area contributed by atoms with Crippen molar-refractivity contribution in [3.63, 3.8) is 0 Å². The average Bonchev–Trinajstić information content (AvgIpc) is 2.57. The summed E-state index contributed by atoms with van der Waals surface area (Å²) in [6.07, 6.45) is 0.0688. The van der Waals surface area contributed by atoms with Gasteiger partial charge >= 0.3 is 5.97 Å². The first-order valence-corrected chi connectivity index (χ1v) is 5.18. The van der Waals surface area contributed by atoms with Crippen molar-refractivity contribution in [1.82, 2.24) is 0 Å². The Morgan fingerprint density at radius 3 is 2.80 bits per heavy atom. The van der Waals surface area contributed by atoms with Crippen molar-refractivity contribution in [1.29, 1.82) is 0 Å². The van der Waals surface area contributed by atoms with Crippen LogP contribution in [0.1, 0.15) is 43.1 Å². The second kappa shape index (κ2) is 4.03. The Morgan fingerprint density at radius 1 is 1.47 bits per heavy atom. The molecule has 0 heterocycles. The summed E-state index contributed by atoms with van der Waals surface area (Å²) in [7, 11) is 0. The number of esters is 1. The predicted molar refractivity (Wildman–Crippen MR) is 55.1 cm³/mol. The molecule has 2 rings (SSSR count). The van der Waals surface area contributed by atoms with Crippen molar-refractivity contribution in [3.8, 4) is 0 Å². The lowest BCUT2D eigenvalue weighted by Gasteiger charge is -2.12. The Balaban J connectivity index is 2.21. The number of rotatable bonds is 2. The van der Waals surface area contributed by atoms with Gasteiger partial charge in [0.2, 0.25) is 0 Å². The van der Waals surface area contributed by atoms with Crippen LogP contribution in [0.5, 0.6) is 0 Å². The summed E-state index contributed by atoms with van der Waals surface area (Å²) in [5.74, 6) is -0.219. The smallest absolute Gasteiger partial charge is 0.306 e. The fourth-order valence-corrected chi connectivity index (χ4v) is 1.92. The van der Waals surface area contributed by atoms with Gasteiger partial charge in [0.1, 0.15) is 6.10 Å². The van der Waals surface area contributed by atoms with E-state index >= 15 is 0 Å². The van der Waals surface area contributed by atoms with Crippen LogP contribution in [0.15, 0.2) is 24.3 Å². The van der Waals surface area contributed by atoms with Gasteiger partial charge in [-0.15, -0.1) is 0 Å². The lowest BCUT2D eigenvalue weighted by molar-refractivity contribution is -0.149. The van der Waals surface area contributed by atoms with Gasteiger partial charge in [-0.05, 0) is 11.1 Å². The zero-order chi connectivity index (χ0) is 10.8. The zero-order valence-electron chi connectivity index (χ0n) is 8.64. The van der Waals surface area contributed by atoms with E-state index in [1.54, 1.807) is 6.92 Å². The van der Waals surface area contributed by atoms with Crippen LogP contribution in [0.3, 0.4) is 0 Å². The standard InChI is InChI=1S/C12H14O3/c1-2-12(14)15-11-7-10(13)8-5-3-4-6-9(8)11/h3-6,10-11,13H,2,7H2,1H3. The highest BCUT2D eigenvalue weighted by Gasteiger charge is 2.31. The van der Waals surface area contributed by atoms with Crippen LogP contribution in [0.25, 0.3) is 0 Å². The van der Waals surface area contributed by atoms with Crippen molar-refractivity contribution in [2.75, 3.05) is 0 Å². The molecule has 80 valence electrons. The minimum absolute atomic E-state index is 0.219. The first kappa shape index (κ1) is 10.2. The van der Waals surface area contributed by atoms with Gasteiger partial charge in [0.15, 0.2) is 0 Å². The van der Waals surface area contributed by atoms with Crippen molar-refractivity contribution in [3.05, 3.63) is 35.4 Å². The van der Waals surface area contributed by atoms with Gasteiger partial charge in [-0.3, -0.25) is 4.79 Å². The van der Waals surface area contributed by atoms with E-state index in [1.165, 1.54) is 0 Å². The summed E-state index contributed by atoms with van der Waals surface area (Å²) in [6.45, 7) is 1.76. The zero-order valence-corrected chi connectivity index (χ0v) is 8.64. The number of hydrogen-bond acceptors (Lipinski definition) is 3. The van der Waals surface area contributed by atoms with Crippen LogP contribution in [-0.2, 0) is 9.53 Å². The summed E-state index contributed by atoms with van der Waals surface area (Å²) < 4.78 is 5.26. The fraction of sp³-hybridized carbons (Fsp3) is 0.417. The molecule has 15 heavy (non-hydrogen) atoms. The Morgan fingerprint density at radius 2 is 2.13 bits per heavy atom. The fourth-order valence-electron chi connectivity index (χ4n) is 1.92. The summed E-state index contributed by atoms with van der Waals surface area (Å²) in [6, 6.07) is 7.55. The highest BCUT2D eigenvalue weighted by atomic mass is 16.5. The maximum absolute atomic E-state index is 11.2. The number of ether oxygens (including phenoxy) is 1. The molecule has 1 aromatic carbocycles. The highest BCUT2D eigenvalue weighted by Crippen LogP contribution is 2.40. The monoisotopic (exact) mass is 206 g/mol. The molecular formula is C12H14O3. The molecule has 0 fully saturated rings. The average molecular weight is 206 g/mol. The van der Waals surface area contributed by atoms with Crippen LogP contribution >= 0.6 is 0 Å². The van der Waals surface area contributed by atoms with Crippen LogP contribution in [0.4, 0.5) is 0 Å². The summed E-state index contributed by atoms with van der Waals surface area (Å²) in [5.41, 5.74) is 1.82. The molecule has 0 radical (unpaired) electrons. The summed E-state index contributed by atoms with van der Waals surface area (Å²) in [4.78, 5) is 11.2. The summed E-state index contributed by atoms with van der Waals surface area (Å²) in [5, 5.41) is 9.75. The van der Waals surface area contributed by atoms with E-state index in [9.17, 15) is 9.90 Å². The van der Waals surface area contributed by atoms with Gasteiger partial charge in [-0.1, -0.05) is 31.2 Å². The second-order valence-electron chi connectivity index (χ2n) is 3.71. The first-order valence-electron chi connectivity index (χ1n) is 5.18. The molecule has 1 aromatic rings. The molecular weight excluding hydrogens is 192 g/mol. The number of hydrogen-bond donors (Lipinski definition) is 1. The van der Waals surface area contributed by atoms with Gasteiger partial charge < -0.3 is 9.84 Å². The molecule has 2 atom stereocenters. The molecule has 1 N–H and O–H groups in total. The number of fused-ring (bicyclic) bond motifs is 1. The largest absolute Gasteiger partial charge is 0.457 e. The molecule has 3 heteroatoms. The minimum atomic E-state index is -0.504. The van der Waals surface area contributed by atoms with Crippen LogP contribution in [-0.4, -0.2) is 11.1 Å². The highest BCUT2D eigenvalue weighted by molar-refractivity contribution is 5.69. The van der Waals surface area contributed by atoms with Crippen LogP contribution < -0.4 is 0 Å². The molecule has 0 aliphatic heterocycles. The Bertz CT molecular complexity index is 373. The molecule has 3 nitrogen and oxygen atoms in total. The number of benzene rings is 1. The molecule has 1 aliphatic rings. The Labute approximate surface area is 88.7 Å². The van der Waals surface area contributed by atoms with Crippen molar-refractivity contribution >= 4 is 5.97 Å². The van der Waals surface area contributed by atoms with E-state index in [0.717, 1.165) is 11.1 Å². The summed E-state index contributed by atoms with van der Waals surface area (Å²) >= 11 is 0. The van der Waals surface area contributed by atoms with Crippen molar-refractivity contribution < 1.29 is 14.6 Å². The van der Waals surface area contributed by atoms with Crippen LogP contribution in [0.2, 0.25) is 0 Å². The number of carbonyl (C=O) groups is 1. The quantitative estimate of drug-likeness (QED) is 0.754. The van der Waals surface area contributed by atoms with Gasteiger partial charge in [0, 0.05) is 12.8 Å². The van der Waals surface area contributed by atoms with E-state index in [-0.39, 0.29) is 12.1 Å². The van der Waals surface area contributed by atoms with E-state index in [2.05, 4.69) is 0 Å². The number of aliphatic hydroxyl groups excluding tert-OH is 1. The Kier molecular flexibility index (Phi) is 2.73. The van der Waals surface area contributed by atoms with Gasteiger partial charge in [-0.2, -0.15) is 0 Å². The lowest BCUT2D eigenvalue weighted by atomic mass is 10.1. The third-order valence-electron chi connectivity index (χ3n) is 2.70. The first-order chi connectivity index (χ1) is 7.22. The normalized spacial score (nSPS) is 23.6. The van der Waals surface area contributed by atoms with Gasteiger partial charge in [0.05, 0.1) is 6.10 Å². The molecule has 0 spiro atoms. The Hall–Kier alpha value is -1.35.